The Kier molecular flexibility index (Phi) is 7.00. The van der Waals surface area contributed by atoms with E-state index in [0.717, 1.165) is 6.07 Å². The Morgan fingerprint density at radius 1 is 0.800 bits per heavy atom. The molecule has 0 saturated carbocycles. The van der Waals surface area contributed by atoms with Crippen molar-refractivity contribution in [3.05, 3.63) is 108 Å². The third-order valence-corrected chi connectivity index (χ3v) is 5.98. The van der Waals surface area contributed by atoms with Gasteiger partial charge in [0.15, 0.2) is 4.90 Å². The lowest BCUT2D eigenvalue weighted by atomic mass is 10.1. The number of esters is 1. The highest BCUT2D eigenvalue weighted by Gasteiger charge is 2.39. The molecule has 0 unspecified atom stereocenters. The summed E-state index contributed by atoms with van der Waals surface area (Å²) in [6.07, 6.45) is 0. The molecule has 0 atom stereocenters. The van der Waals surface area contributed by atoms with Crippen LogP contribution in [0.25, 0.3) is 0 Å². The molecule has 0 bridgehead atoms. The second-order valence-electron chi connectivity index (χ2n) is 6.75. The van der Waals surface area contributed by atoms with E-state index < -0.39 is 64.9 Å². The van der Waals surface area contributed by atoms with Gasteiger partial charge in [-0.3, -0.25) is 35.1 Å². The summed E-state index contributed by atoms with van der Waals surface area (Å²) in [5.41, 5.74) is -4.16. The van der Waals surface area contributed by atoms with Gasteiger partial charge in [-0.15, -0.1) is 0 Å². The molecule has 0 fully saturated rings. The topological polar surface area (TPSA) is 202 Å². The van der Waals surface area contributed by atoms with Crippen LogP contribution in [0.5, 0.6) is 0 Å². The number of sulfonamides is 1. The second kappa shape index (κ2) is 9.92. The van der Waals surface area contributed by atoms with Crippen LogP contribution in [-0.4, -0.2) is 29.2 Å². The molecule has 0 aliphatic rings. The molecular formula is C20H14N4O10S. The summed E-state index contributed by atoms with van der Waals surface area (Å²) in [4.78, 5) is 43.1. The van der Waals surface area contributed by atoms with Crippen molar-refractivity contribution in [2.45, 2.75) is 11.5 Å². The molecule has 3 aromatic carbocycles. The monoisotopic (exact) mass is 502 g/mol. The lowest BCUT2D eigenvalue weighted by Crippen LogP contribution is -2.18. The molecule has 0 aliphatic heterocycles. The molecule has 3 aromatic rings. The Morgan fingerprint density at radius 2 is 1.40 bits per heavy atom. The van der Waals surface area contributed by atoms with Crippen molar-refractivity contribution in [3.63, 3.8) is 0 Å². The van der Waals surface area contributed by atoms with Gasteiger partial charge in [-0.05, 0) is 24.3 Å². The van der Waals surface area contributed by atoms with Gasteiger partial charge in [-0.25, -0.2) is 13.2 Å². The van der Waals surface area contributed by atoms with Crippen LogP contribution < -0.4 is 4.72 Å². The number of ether oxygens (including phenoxy) is 1. The third kappa shape index (κ3) is 5.36. The molecular weight excluding hydrogens is 488 g/mol. The first-order valence-electron chi connectivity index (χ1n) is 9.46. The zero-order valence-corrected chi connectivity index (χ0v) is 18.2. The molecule has 0 amide bonds. The van der Waals surface area contributed by atoms with Crippen LogP contribution in [0.2, 0.25) is 0 Å². The fraction of sp³-hybridized carbons (Fsp3) is 0.0500. The number of hydrogen-bond donors (Lipinski definition) is 1. The summed E-state index contributed by atoms with van der Waals surface area (Å²) in [6, 6.07) is 13.7. The lowest BCUT2D eigenvalue weighted by molar-refractivity contribution is -0.396. The first-order valence-corrected chi connectivity index (χ1v) is 10.9. The maximum atomic E-state index is 12.9. The fourth-order valence-electron chi connectivity index (χ4n) is 3.06. The third-order valence-electron chi connectivity index (χ3n) is 4.56. The highest BCUT2D eigenvalue weighted by Crippen LogP contribution is 2.36. The number of anilines is 1. The van der Waals surface area contributed by atoms with Gasteiger partial charge in [0.2, 0.25) is 5.56 Å². The number of carbonyl (C=O) groups is 1. The summed E-state index contributed by atoms with van der Waals surface area (Å²) in [6.45, 7) is -0.760. The van der Waals surface area contributed by atoms with Gasteiger partial charge in [0.1, 0.15) is 6.61 Å². The largest absolute Gasteiger partial charge is 0.457 e. The maximum absolute atomic E-state index is 12.9. The van der Waals surface area contributed by atoms with Crippen LogP contribution in [0.3, 0.4) is 0 Å². The molecule has 0 aromatic heterocycles. The SMILES string of the molecule is O=C(OCc1ccccc1[N+](=O)[O-])c1c([N+](=O)[O-])ccc(S(=O)(=O)Nc2ccccc2)c1[N+](=O)[O-]. The molecule has 180 valence electrons. The van der Waals surface area contributed by atoms with Gasteiger partial charge in [0, 0.05) is 17.8 Å². The minimum absolute atomic E-state index is 0.0423. The first-order chi connectivity index (χ1) is 16.5. The molecule has 0 saturated heterocycles. The van der Waals surface area contributed by atoms with Crippen LogP contribution >= 0.6 is 0 Å². The predicted octanol–water partition coefficient (Wildman–Crippen LogP) is 3.57. The van der Waals surface area contributed by atoms with E-state index in [-0.39, 0.29) is 11.3 Å². The number of carbonyl (C=O) groups excluding carboxylic acids is 1. The van der Waals surface area contributed by atoms with E-state index >= 15 is 0 Å². The van der Waals surface area contributed by atoms with E-state index in [2.05, 4.69) is 4.72 Å². The molecule has 0 spiro atoms. The number of benzene rings is 3. The Bertz CT molecular complexity index is 1440. The molecule has 0 aliphatic carbocycles. The average Bonchev–Trinajstić information content (AvgIpc) is 2.81. The van der Waals surface area contributed by atoms with E-state index in [1.54, 1.807) is 6.07 Å². The van der Waals surface area contributed by atoms with Gasteiger partial charge in [-0.1, -0.05) is 30.3 Å². The van der Waals surface area contributed by atoms with Crippen molar-refractivity contribution in [3.8, 4) is 0 Å². The van der Waals surface area contributed by atoms with Crippen molar-refractivity contribution in [2.75, 3.05) is 4.72 Å². The quantitative estimate of drug-likeness (QED) is 0.256. The van der Waals surface area contributed by atoms with E-state index in [9.17, 15) is 43.6 Å². The van der Waals surface area contributed by atoms with E-state index in [1.807, 2.05) is 0 Å². The van der Waals surface area contributed by atoms with Crippen LogP contribution in [-0.2, 0) is 21.4 Å². The summed E-state index contributed by atoms with van der Waals surface area (Å²) in [5, 5.41) is 34.5. The normalized spacial score (nSPS) is 10.9. The average molecular weight is 502 g/mol. The Hall–Kier alpha value is -4.92. The standard InChI is InChI=1S/C20H14N4O10S/c25-20(34-12-13-6-4-5-9-15(13)22(26)27)18-16(23(28)29)10-11-17(19(18)24(30)31)35(32,33)21-14-7-2-1-3-8-14/h1-11,21H,12H2. The summed E-state index contributed by atoms with van der Waals surface area (Å²) in [5.74, 6) is -1.61. The molecule has 15 heteroatoms. The van der Waals surface area contributed by atoms with Crippen molar-refractivity contribution in [1.29, 1.82) is 0 Å². The van der Waals surface area contributed by atoms with E-state index in [4.69, 9.17) is 4.74 Å². The highest BCUT2D eigenvalue weighted by atomic mass is 32.2. The summed E-state index contributed by atoms with van der Waals surface area (Å²) >= 11 is 0. The predicted molar refractivity (Wildman–Crippen MR) is 119 cm³/mol. The van der Waals surface area contributed by atoms with E-state index in [0.29, 0.717) is 12.1 Å². The Balaban J connectivity index is 2.09. The summed E-state index contributed by atoms with van der Waals surface area (Å²) < 4.78 is 32.7. The first kappa shape index (κ1) is 24.7. The Morgan fingerprint density at radius 3 is 2.00 bits per heavy atom. The smallest absolute Gasteiger partial charge is 0.352 e. The number of nitrogens with one attached hydrogen (secondary N) is 1. The highest BCUT2D eigenvalue weighted by molar-refractivity contribution is 7.92. The number of rotatable bonds is 9. The van der Waals surface area contributed by atoms with Crippen molar-refractivity contribution < 1.29 is 32.7 Å². The van der Waals surface area contributed by atoms with Crippen LogP contribution in [0.4, 0.5) is 22.7 Å². The van der Waals surface area contributed by atoms with Crippen LogP contribution in [0.1, 0.15) is 15.9 Å². The van der Waals surface area contributed by atoms with Gasteiger partial charge in [-0.2, -0.15) is 0 Å². The molecule has 3 rings (SSSR count). The van der Waals surface area contributed by atoms with Crippen LogP contribution in [0.15, 0.2) is 71.6 Å². The summed E-state index contributed by atoms with van der Waals surface area (Å²) in [7, 11) is -4.68. The minimum Gasteiger partial charge on any atom is -0.457 e. The number of nitro groups is 3. The number of hydrogen-bond acceptors (Lipinski definition) is 10. The minimum atomic E-state index is -4.68. The lowest BCUT2D eigenvalue weighted by Gasteiger charge is -2.11. The Labute approximate surface area is 196 Å². The van der Waals surface area contributed by atoms with Crippen LogP contribution in [0, 0.1) is 30.3 Å². The zero-order valence-electron chi connectivity index (χ0n) is 17.4. The second-order valence-corrected chi connectivity index (χ2v) is 8.40. The zero-order chi connectivity index (χ0) is 25.8. The number of nitro benzene ring substituents is 3. The van der Waals surface area contributed by atoms with Gasteiger partial charge < -0.3 is 4.74 Å². The molecule has 1 N–H and O–H groups in total. The molecule has 35 heavy (non-hydrogen) atoms. The maximum Gasteiger partial charge on any atom is 0.352 e. The van der Waals surface area contributed by atoms with E-state index in [1.165, 1.54) is 42.5 Å². The van der Waals surface area contributed by atoms with Gasteiger partial charge in [0.25, 0.3) is 21.4 Å². The molecule has 14 nitrogen and oxygen atoms in total. The van der Waals surface area contributed by atoms with Crippen molar-refractivity contribution in [1.82, 2.24) is 0 Å². The van der Waals surface area contributed by atoms with Gasteiger partial charge >= 0.3 is 11.7 Å². The van der Waals surface area contributed by atoms with Crippen molar-refractivity contribution in [2.24, 2.45) is 0 Å². The molecule has 0 radical (unpaired) electrons. The molecule has 0 heterocycles. The fourth-order valence-corrected chi connectivity index (χ4v) is 4.29. The number of nitrogens with zero attached hydrogens (tertiary/aromatic N) is 3. The van der Waals surface area contributed by atoms with Crippen molar-refractivity contribution >= 4 is 38.7 Å². The van der Waals surface area contributed by atoms with Gasteiger partial charge in [0.05, 0.1) is 20.3 Å². The number of para-hydroxylation sites is 2.